The summed E-state index contributed by atoms with van der Waals surface area (Å²) in [7, 11) is 1.58. The van der Waals surface area contributed by atoms with Gasteiger partial charge in [-0.3, -0.25) is 14.5 Å². The van der Waals surface area contributed by atoms with E-state index in [0.29, 0.717) is 28.3 Å². The molecule has 1 N–H and O–H groups in total. The van der Waals surface area contributed by atoms with E-state index < -0.39 is 5.25 Å². The van der Waals surface area contributed by atoms with E-state index in [2.05, 4.69) is 21.9 Å². The molecular formula is C22H20N4O3S2. The zero-order chi connectivity index (χ0) is 21.8. The second kappa shape index (κ2) is 9.32. The largest absolute Gasteiger partial charge is 0.497 e. The molecule has 3 aromatic rings. The molecule has 9 heteroatoms. The number of aromatic nitrogens is 1. The van der Waals surface area contributed by atoms with Crippen LogP contribution in [0.2, 0.25) is 0 Å². The Hall–Kier alpha value is -3.17. The first-order valence-corrected chi connectivity index (χ1v) is 11.2. The number of ether oxygens (including phenoxy) is 1. The van der Waals surface area contributed by atoms with Gasteiger partial charge in [0, 0.05) is 18.7 Å². The van der Waals surface area contributed by atoms with Crippen LogP contribution in [-0.4, -0.2) is 45.8 Å². The monoisotopic (exact) mass is 452 g/mol. The molecule has 2 aromatic carbocycles. The fraction of sp³-hybridized carbons (Fsp3) is 0.182. The average molecular weight is 453 g/mol. The highest BCUT2D eigenvalue weighted by Crippen LogP contribution is 2.34. The Bertz CT molecular complexity index is 1120. The molecule has 1 fully saturated rings. The van der Waals surface area contributed by atoms with Gasteiger partial charge in [0.15, 0.2) is 5.17 Å². The van der Waals surface area contributed by atoms with Gasteiger partial charge < -0.3 is 10.1 Å². The molecule has 0 saturated carbocycles. The van der Waals surface area contributed by atoms with Gasteiger partial charge >= 0.3 is 0 Å². The van der Waals surface area contributed by atoms with E-state index in [1.54, 1.807) is 42.4 Å². The molecule has 2 amide bonds. The van der Waals surface area contributed by atoms with Crippen LogP contribution in [0.1, 0.15) is 6.42 Å². The lowest BCUT2D eigenvalue weighted by atomic mass is 10.2. The fourth-order valence-corrected chi connectivity index (χ4v) is 5.11. The van der Waals surface area contributed by atoms with Gasteiger partial charge in [-0.15, -0.1) is 6.58 Å². The van der Waals surface area contributed by atoms with Crippen molar-refractivity contribution in [2.75, 3.05) is 19.0 Å². The van der Waals surface area contributed by atoms with Gasteiger partial charge in [-0.25, -0.2) is 4.98 Å². The highest BCUT2D eigenvalue weighted by Gasteiger charge is 2.38. The molecule has 4 rings (SSSR count). The summed E-state index contributed by atoms with van der Waals surface area (Å²) < 4.78 is 6.15. The number of anilines is 1. The first kappa shape index (κ1) is 21.1. The van der Waals surface area contributed by atoms with Gasteiger partial charge in [0.1, 0.15) is 11.0 Å². The van der Waals surface area contributed by atoms with E-state index in [-0.39, 0.29) is 18.2 Å². The van der Waals surface area contributed by atoms with E-state index in [1.165, 1.54) is 23.1 Å². The van der Waals surface area contributed by atoms with Crippen molar-refractivity contribution >= 4 is 61.1 Å². The summed E-state index contributed by atoms with van der Waals surface area (Å²) in [6.45, 7) is 4.06. The second-order valence-corrected chi connectivity index (χ2v) is 8.86. The number of thiazole rings is 1. The number of carbonyl (C=O) groups excluding carboxylic acids is 2. The molecule has 0 radical (unpaired) electrons. The summed E-state index contributed by atoms with van der Waals surface area (Å²) >= 11 is 2.74. The second-order valence-electron chi connectivity index (χ2n) is 6.68. The molecule has 1 unspecified atom stereocenters. The molecule has 0 bridgehead atoms. The molecule has 158 valence electrons. The maximum atomic E-state index is 12.9. The number of carbonyl (C=O) groups is 2. The number of nitrogens with one attached hydrogen (secondary N) is 1. The third kappa shape index (κ3) is 4.78. The predicted molar refractivity (Wildman–Crippen MR) is 126 cm³/mol. The zero-order valence-electron chi connectivity index (χ0n) is 16.8. The first-order chi connectivity index (χ1) is 15.1. The Morgan fingerprint density at radius 3 is 2.77 bits per heavy atom. The number of methoxy groups -OCH3 is 1. The molecular weight excluding hydrogens is 432 g/mol. The zero-order valence-corrected chi connectivity index (χ0v) is 18.4. The van der Waals surface area contributed by atoms with Crippen LogP contribution in [0.3, 0.4) is 0 Å². The van der Waals surface area contributed by atoms with Crippen LogP contribution in [-0.2, 0) is 9.59 Å². The lowest BCUT2D eigenvalue weighted by Crippen LogP contribution is -2.33. The van der Waals surface area contributed by atoms with Crippen molar-refractivity contribution in [3.8, 4) is 5.75 Å². The summed E-state index contributed by atoms with van der Waals surface area (Å²) in [5.41, 5.74) is 1.51. The van der Waals surface area contributed by atoms with Gasteiger partial charge in [0.2, 0.25) is 16.9 Å². The molecule has 1 saturated heterocycles. The third-order valence-electron chi connectivity index (χ3n) is 4.55. The van der Waals surface area contributed by atoms with E-state index in [9.17, 15) is 9.59 Å². The Kier molecular flexibility index (Phi) is 6.34. The van der Waals surface area contributed by atoms with Crippen LogP contribution in [0.4, 0.5) is 10.8 Å². The SMILES string of the molecule is C=CCN1C(=O)C(CC(=O)Nc2ccc(OC)cc2)SC1=Nc1nc2ccccc2s1. The lowest BCUT2D eigenvalue weighted by Gasteiger charge is -2.13. The van der Waals surface area contributed by atoms with Crippen molar-refractivity contribution in [1.29, 1.82) is 0 Å². The number of hydrogen-bond donors (Lipinski definition) is 1. The molecule has 0 spiro atoms. The quantitative estimate of drug-likeness (QED) is 0.536. The Morgan fingerprint density at radius 1 is 1.29 bits per heavy atom. The summed E-state index contributed by atoms with van der Waals surface area (Å²) in [5.74, 6) is 0.306. The van der Waals surface area contributed by atoms with Gasteiger partial charge in [-0.1, -0.05) is 41.3 Å². The van der Waals surface area contributed by atoms with Crippen LogP contribution in [0, 0.1) is 0 Å². The van der Waals surface area contributed by atoms with Crippen molar-refractivity contribution in [2.24, 2.45) is 4.99 Å². The molecule has 0 aliphatic carbocycles. The summed E-state index contributed by atoms with van der Waals surface area (Å²) in [6, 6.07) is 14.8. The van der Waals surface area contributed by atoms with Gasteiger partial charge in [0.05, 0.1) is 17.3 Å². The molecule has 1 aromatic heterocycles. The van der Waals surface area contributed by atoms with E-state index in [0.717, 1.165) is 10.2 Å². The normalized spacial score (nSPS) is 17.3. The number of amides is 2. The maximum absolute atomic E-state index is 12.9. The molecule has 1 aliphatic rings. The third-order valence-corrected chi connectivity index (χ3v) is 6.66. The highest BCUT2D eigenvalue weighted by molar-refractivity contribution is 8.15. The number of aliphatic imine (C=N–C) groups is 1. The number of fused-ring (bicyclic) bond motifs is 1. The smallest absolute Gasteiger partial charge is 0.242 e. The van der Waals surface area contributed by atoms with E-state index in [1.807, 2.05) is 24.3 Å². The summed E-state index contributed by atoms with van der Waals surface area (Å²) in [4.78, 5) is 36.1. The van der Waals surface area contributed by atoms with E-state index in [4.69, 9.17) is 4.74 Å². The Labute approximate surface area is 187 Å². The fourth-order valence-electron chi connectivity index (χ4n) is 3.07. The van der Waals surface area contributed by atoms with Crippen LogP contribution in [0.15, 0.2) is 66.2 Å². The number of hydrogen-bond acceptors (Lipinski definition) is 7. The number of nitrogens with zero attached hydrogens (tertiary/aromatic N) is 3. The van der Waals surface area contributed by atoms with Gasteiger partial charge in [-0.05, 0) is 36.4 Å². The minimum absolute atomic E-state index is 0.0437. The van der Waals surface area contributed by atoms with Crippen LogP contribution in [0.25, 0.3) is 10.2 Å². The predicted octanol–water partition coefficient (Wildman–Crippen LogP) is 4.45. The van der Waals surface area contributed by atoms with Crippen molar-refractivity contribution in [3.63, 3.8) is 0 Å². The van der Waals surface area contributed by atoms with Crippen molar-refractivity contribution in [1.82, 2.24) is 9.88 Å². The summed E-state index contributed by atoms with van der Waals surface area (Å²) in [6.07, 6.45) is 1.69. The van der Waals surface area contributed by atoms with Crippen molar-refractivity contribution < 1.29 is 14.3 Å². The lowest BCUT2D eigenvalue weighted by molar-refractivity contribution is -0.127. The minimum atomic E-state index is -0.550. The van der Waals surface area contributed by atoms with Crippen LogP contribution in [0.5, 0.6) is 5.75 Å². The van der Waals surface area contributed by atoms with Crippen molar-refractivity contribution in [2.45, 2.75) is 11.7 Å². The Balaban J connectivity index is 1.49. The number of benzene rings is 2. The average Bonchev–Trinajstić information content (AvgIpc) is 3.30. The molecule has 1 atom stereocenters. The van der Waals surface area contributed by atoms with Gasteiger partial charge in [-0.2, -0.15) is 4.99 Å². The summed E-state index contributed by atoms with van der Waals surface area (Å²) in [5, 5.41) is 3.38. The van der Waals surface area contributed by atoms with Gasteiger partial charge in [0.25, 0.3) is 0 Å². The molecule has 31 heavy (non-hydrogen) atoms. The van der Waals surface area contributed by atoms with E-state index >= 15 is 0 Å². The molecule has 1 aliphatic heterocycles. The maximum Gasteiger partial charge on any atom is 0.242 e. The highest BCUT2D eigenvalue weighted by atomic mass is 32.2. The topological polar surface area (TPSA) is 83.9 Å². The number of para-hydroxylation sites is 1. The standard InChI is InChI=1S/C22H20N4O3S2/c1-3-12-26-20(28)18(13-19(27)23-14-8-10-15(29-2)11-9-14)31-22(26)25-21-24-16-6-4-5-7-17(16)30-21/h3-11,18H,1,12-13H2,2H3,(H,23,27). The minimum Gasteiger partial charge on any atom is -0.497 e. The molecule has 2 heterocycles. The number of rotatable bonds is 7. The van der Waals surface area contributed by atoms with Crippen LogP contribution < -0.4 is 10.1 Å². The Morgan fingerprint density at radius 2 is 2.06 bits per heavy atom. The number of thioether (sulfide) groups is 1. The molecule has 7 nitrogen and oxygen atoms in total. The number of amidine groups is 1. The van der Waals surface area contributed by atoms with Crippen LogP contribution >= 0.6 is 23.1 Å². The first-order valence-electron chi connectivity index (χ1n) is 9.54. The van der Waals surface area contributed by atoms with Crippen molar-refractivity contribution in [3.05, 3.63) is 61.2 Å².